The third kappa shape index (κ3) is 1.67. The van der Waals surface area contributed by atoms with Gasteiger partial charge in [-0.2, -0.15) is 0 Å². The SMILES string of the molecule is CCCCNc1cc(=O)c1=O. The van der Waals surface area contributed by atoms with Crippen LogP contribution in [0.3, 0.4) is 0 Å². The van der Waals surface area contributed by atoms with Crippen molar-refractivity contribution in [2.75, 3.05) is 11.9 Å². The fourth-order valence-corrected chi connectivity index (χ4v) is 0.848. The van der Waals surface area contributed by atoms with E-state index >= 15 is 0 Å². The van der Waals surface area contributed by atoms with Crippen molar-refractivity contribution in [3.63, 3.8) is 0 Å². The lowest BCUT2D eigenvalue weighted by Crippen LogP contribution is -2.32. The van der Waals surface area contributed by atoms with E-state index in [0.717, 1.165) is 19.4 Å². The monoisotopic (exact) mass is 153 g/mol. The second kappa shape index (κ2) is 3.32. The van der Waals surface area contributed by atoms with E-state index in [9.17, 15) is 9.59 Å². The van der Waals surface area contributed by atoms with Crippen LogP contribution in [0.4, 0.5) is 5.69 Å². The van der Waals surface area contributed by atoms with Gasteiger partial charge in [0.05, 0.1) is 5.69 Å². The van der Waals surface area contributed by atoms with Crippen LogP contribution in [0.5, 0.6) is 0 Å². The van der Waals surface area contributed by atoms with Crippen LogP contribution in [0.2, 0.25) is 0 Å². The molecule has 0 aliphatic heterocycles. The van der Waals surface area contributed by atoms with Crippen LogP contribution in [-0.2, 0) is 0 Å². The zero-order valence-corrected chi connectivity index (χ0v) is 6.52. The predicted molar refractivity (Wildman–Crippen MR) is 44.8 cm³/mol. The molecule has 1 aromatic carbocycles. The Morgan fingerprint density at radius 1 is 1.45 bits per heavy atom. The lowest BCUT2D eigenvalue weighted by Gasteiger charge is -2.03. The van der Waals surface area contributed by atoms with Crippen molar-refractivity contribution >= 4 is 5.69 Å². The van der Waals surface area contributed by atoms with E-state index in [0.29, 0.717) is 5.69 Å². The second-order valence-electron chi connectivity index (χ2n) is 2.53. The topological polar surface area (TPSA) is 46.2 Å². The fourth-order valence-electron chi connectivity index (χ4n) is 0.848. The molecule has 0 aromatic heterocycles. The fraction of sp³-hybridized carbons (Fsp3) is 0.500. The summed E-state index contributed by atoms with van der Waals surface area (Å²) < 4.78 is 0. The van der Waals surface area contributed by atoms with E-state index in [1.54, 1.807) is 0 Å². The van der Waals surface area contributed by atoms with Gasteiger partial charge in [-0.25, -0.2) is 0 Å². The number of rotatable bonds is 4. The molecule has 11 heavy (non-hydrogen) atoms. The molecule has 3 heteroatoms. The highest BCUT2D eigenvalue weighted by molar-refractivity contribution is 5.46. The Morgan fingerprint density at radius 3 is 2.64 bits per heavy atom. The van der Waals surface area contributed by atoms with Gasteiger partial charge in [0.25, 0.3) is 0 Å². The Balaban J connectivity index is 2.37. The average molecular weight is 153 g/mol. The highest BCUT2D eigenvalue weighted by atomic mass is 16.2. The Morgan fingerprint density at radius 2 is 2.18 bits per heavy atom. The molecule has 1 rings (SSSR count). The largest absolute Gasteiger partial charge is 0.382 e. The summed E-state index contributed by atoms with van der Waals surface area (Å²) in [5, 5.41) is 2.89. The lowest BCUT2D eigenvalue weighted by molar-refractivity contribution is 0.832. The lowest BCUT2D eigenvalue weighted by atomic mass is 10.2. The summed E-state index contributed by atoms with van der Waals surface area (Å²) in [6.07, 6.45) is 2.11. The molecule has 0 aliphatic carbocycles. The van der Waals surface area contributed by atoms with Gasteiger partial charge in [-0.3, -0.25) is 9.59 Å². The van der Waals surface area contributed by atoms with Crippen LogP contribution in [0.15, 0.2) is 15.7 Å². The molecule has 0 amide bonds. The van der Waals surface area contributed by atoms with Crippen LogP contribution in [0.25, 0.3) is 0 Å². The minimum atomic E-state index is -0.385. The Labute approximate surface area is 64.7 Å². The van der Waals surface area contributed by atoms with Crippen molar-refractivity contribution in [1.82, 2.24) is 0 Å². The molecular weight excluding hydrogens is 142 g/mol. The number of nitrogens with one attached hydrogen (secondary N) is 1. The van der Waals surface area contributed by atoms with Crippen molar-refractivity contribution in [2.45, 2.75) is 19.8 Å². The first-order chi connectivity index (χ1) is 5.25. The Hall–Kier alpha value is -1.12. The standard InChI is InChI=1S/C8H11NO2/c1-2-3-4-9-6-5-7(10)8(6)11/h5,9H,2-4H2,1H3. The second-order valence-corrected chi connectivity index (χ2v) is 2.53. The summed E-state index contributed by atoms with van der Waals surface area (Å²) in [6, 6.07) is 1.35. The molecule has 0 atom stereocenters. The van der Waals surface area contributed by atoms with Crippen LogP contribution >= 0.6 is 0 Å². The molecule has 1 aromatic rings. The summed E-state index contributed by atoms with van der Waals surface area (Å²) in [4.78, 5) is 21.1. The quantitative estimate of drug-likeness (QED) is 0.506. The van der Waals surface area contributed by atoms with Crippen LogP contribution in [0.1, 0.15) is 19.8 Å². The predicted octanol–water partition coefficient (Wildman–Crippen LogP) is 0.495. The van der Waals surface area contributed by atoms with E-state index in [-0.39, 0.29) is 10.9 Å². The third-order valence-electron chi connectivity index (χ3n) is 1.59. The number of hydrogen-bond donors (Lipinski definition) is 1. The summed E-state index contributed by atoms with van der Waals surface area (Å²) >= 11 is 0. The highest BCUT2D eigenvalue weighted by Crippen LogP contribution is 1.95. The first-order valence-electron chi connectivity index (χ1n) is 3.80. The molecule has 1 N–H and O–H groups in total. The summed E-state index contributed by atoms with van der Waals surface area (Å²) in [6.45, 7) is 2.85. The summed E-state index contributed by atoms with van der Waals surface area (Å²) in [5.74, 6) is 0. The number of hydrogen-bond acceptors (Lipinski definition) is 3. The zero-order chi connectivity index (χ0) is 8.27. The van der Waals surface area contributed by atoms with Gasteiger partial charge >= 0.3 is 0 Å². The molecule has 60 valence electrons. The molecule has 0 aliphatic rings. The zero-order valence-electron chi connectivity index (χ0n) is 6.52. The number of unbranched alkanes of at least 4 members (excludes halogenated alkanes) is 1. The van der Waals surface area contributed by atoms with Gasteiger partial charge in [-0.15, -0.1) is 0 Å². The maximum absolute atomic E-state index is 10.7. The average Bonchev–Trinajstić information content (AvgIpc) is 2.03. The van der Waals surface area contributed by atoms with E-state index in [1.165, 1.54) is 6.07 Å². The maximum Gasteiger partial charge on any atom is 0.248 e. The van der Waals surface area contributed by atoms with Crippen LogP contribution < -0.4 is 16.2 Å². The number of anilines is 1. The van der Waals surface area contributed by atoms with E-state index < -0.39 is 0 Å². The van der Waals surface area contributed by atoms with E-state index in [1.807, 2.05) is 0 Å². The molecule has 0 saturated carbocycles. The molecule has 0 bridgehead atoms. The molecule has 0 saturated heterocycles. The first-order valence-corrected chi connectivity index (χ1v) is 3.80. The van der Waals surface area contributed by atoms with Crippen molar-refractivity contribution in [3.05, 3.63) is 26.5 Å². The van der Waals surface area contributed by atoms with Crippen molar-refractivity contribution < 1.29 is 0 Å². The summed E-state index contributed by atoms with van der Waals surface area (Å²) in [5.41, 5.74) is -0.284. The van der Waals surface area contributed by atoms with Gasteiger partial charge in [0.2, 0.25) is 10.9 Å². The van der Waals surface area contributed by atoms with Gasteiger partial charge in [0.1, 0.15) is 0 Å². The van der Waals surface area contributed by atoms with Crippen LogP contribution in [-0.4, -0.2) is 6.54 Å². The molecule has 0 radical (unpaired) electrons. The molecule has 0 heterocycles. The van der Waals surface area contributed by atoms with Gasteiger partial charge < -0.3 is 5.32 Å². The van der Waals surface area contributed by atoms with Gasteiger partial charge in [-0.05, 0) is 6.42 Å². The van der Waals surface area contributed by atoms with Crippen molar-refractivity contribution in [1.29, 1.82) is 0 Å². The molecule has 0 fully saturated rings. The van der Waals surface area contributed by atoms with Gasteiger partial charge in [-0.1, -0.05) is 13.3 Å². The normalized spacial score (nSPS) is 10.3. The minimum Gasteiger partial charge on any atom is -0.382 e. The van der Waals surface area contributed by atoms with Crippen molar-refractivity contribution in [3.8, 4) is 0 Å². The Kier molecular flexibility index (Phi) is 2.41. The molecule has 3 nitrogen and oxygen atoms in total. The minimum absolute atomic E-state index is 0.374. The smallest absolute Gasteiger partial charge is 0.248 e. The van der Waals surface area contributed by atoms with Gasteiger partial charge in [0, 0.05) is 12.6 Å². The van der Waals surface area contributed by atoms with Crippen molar-refractivity contribution in [2.24, 2.45) is 0 Å². The molecular formula is C8H11NO2. The first kappa shape index (κ1) is 7.98. The third-order valence-corrected chi connectivity index (χ3v) is 1.59. The van der Waals surface area contributed by atoms with Crippen LogP contribution in [0, 0.1) is 0 Å². The maximum atomic E-state index is 10.7. The summed E-state index contributed by atoms with van der Waals surface area (Å²) in [7, 11) is 0. The Bertz CT molecular complexity index is 296. The molecule has 0 unspecified atom stereocenters. The highest BCUT2D eigenvalue weighted by Gasteiger charge is 2.06. The van der Waals surface area contributed by atoms with E-state index in [2.05, 4.69) is 12.2 Å². The van der Waals surface area contributed by atoms with E-state index in [4.69, 9.17) is 0 Å². The molecule has 0 spiro atoms. The van der Waals surface area contributed by atoms with Gasteiger partial charge in [0.15, 0.2) is 0 Å².